The summed E-state index contributed by atoms with van der Waals surface area (Å²) in [4.78, 5) is 4.03. The van der Waals surface area contributed by atoms with E-state index < -0.39 is 0 Å². The highest BCUT2D eigenvalue weighted by Crippen LogP contribution is 2.42. The molecule has 0 fully saturated rings. The molecule has 0 saturated carbocycles. The van der Waals surface area contributed by atoms with Gasteiger partial charge in [0.1, 0.15) is 5.15 Å². The van der Waals surface area contributed by atoms with Crippen molar-refractivity contribution in [3.63, 3.8) is 0 Å². The Morgan fingerprint density at radius 2 is 2.05 bits per heavy atom. The van der Waals surface area contributed by atoms with Crippen LogP contribution in [0, 0.1) is 0 Å². The van der Waals surface area contributed by atoms with Gasteiger partial charge in [0.2, 0.25) is 0 Å². The predicted octanol–water partition coefficient (Wildman–Crippen LogP) is 4.96. The summed E-state index contributed by atoms with van der Waals surface area (Å²) in [7, 11) is 0. The van der Waals surface area contributed by atoms with E-state index in [1.165, 1.54) is 17.5 Å². The van der Waals surface area contributed by atoms with E-state index in [0.29, 0.717) is 11.2 Å². The molecule has 104 valence electrons. The lowest BCUT2D eigenvalue weighted by Gasteiger charge is -2.37. The van der Waals surface area contributed by atoms with E-state index in [4.69, 9.17) is 11.6 Å². The molecule has 3 rings (SSSR count). The molecule has 0 aliphatic heterocycles. The van der Waals surface area contributed by atoms with Crippen molar-refractivity contribution in [2.24, 2.45) is 0 Å². The summed E-state index contributed by atoms with van der Waals surface area (Å²) >= 11 is 5.96. The zero-order valence-electron chi connectivity index (χ0n) is 11.9. The minimum Gasteiger partial charge on any atom is -0.378 e. The highest BCUT2D eigenvalue weighted by molar-refractivity contribution is 6.29. The second-order valence-corrected chi connectivity index (χ2v) is 6.46. The maximum absolute atomic E-state index is 5.96. The summed E-state index contributed by atoms with van der Waals surface area (Å²) in [6, 6.07) is 12.9. The van der Waals surface area contributed by atoms with Gasteiger partial charge in [-0.2, -0.15) is 0 Å². The van der Waals surface area contributed by atoms with Crippen LogP contribution in [0.15, 0.2) is 42.6 Å². The number of aromatic nitrogens is 1. The minimum atomic E-state index is 0.255. The molecule has 2 nitrogen and oxygen atoms in total. The van der Waals surface area contributed by atoms with Gasteiger partial charge in [-0.1, -0.05) is 49.7 Å². The van der Waals surface area contributed by atoms with E-state index in [9.17, 15) is 0 Å². The number of anilines is 1. The molecule has 1 aliphatic carbocycles. The van der Waals surface area contributed by atoms with Crippen molar-refractivity contribution in [1.29, 1.82) is 0 Å². The molecule has 1 aromatic heterocycles. The van der Waals surface area contributed by atoms with Gasteiger partial charge in [0, 0.05) is 11.9 Å². The highest BCUT2D eigenvalue weighted by atomic mass is 35.5. The van der Waals surface area contributed by atoms with Crippen molar-refractivity contribution in [2.45, 2.75) is 38.1 Å². The topological polar surface area (TPSA) is 24.9 Å². The van der Waals surface area contributed by atoms with E-state index in [2.05, 4.69) is 48.4 Å². The largest absolute Gasteiger partial charge is 0.378 e. The van der Waals surface area contributed by atoms with Crippen LogP contribution in [-0.4, -0.2) is 4.98 Å². The molecule has 20 heavy (non-hydrogen) atoms. The molecule has 0 saturated heterocycles. The lowest BCUT2D eigenvalue weighted by Crippen LogP contribution is -2.29. The minimum absolute atomic E-state index is 0.255. The summed E-state index contributed by atoms with van der Waals surface area (Å²) in [6.07, 6.45) is 4.05. The first-order valence-electron chi connectivity index (χ1n) is 7.04. The molecule has 0 bridgehead atoms. The first kappa shape index (κ1) is 13.4. The van der Waals surface area contributed by atoms with Crippen molar-refractivity contribution < 1.29 is 0 Å². The molecule has 1 aliphatic rings. The molecular weight excluding hydrogens is 268 g/mol. The fraction of sp³-hybridized carbons (Fsp3) is 0.353. The Labute approximate surface area is 125 Å². The second kappa shape index (κ2) is 5.10. The van der Waals surface area contributed by atoms with Gasteiger partial charge in [0.15, 0.2) is 0 Å². The van der Waals surface area contributed by atoms with Gasteiger partial charge in [-0.05, 0) is 41.5 Å². The van der Waals surface area contributed by atoms with Crippen LogP contribution < -0.4 is 5.32 Å². The Hall–Kier alpha value is -1.54. The number of hydrogen-bond donors (Lipinski definition) is 1. The van der Waals surface area contributed by atoms with Gasteiger partial charge in [-0.15, -0.1) is 0 Å². The Morgan fingerprint density at radius 1 is 1.25 bits per heavy atom. The zero-order valence-corrected chi connectivity index (χ0v) is 12.6. The molecule has 2 aromatic rings. The maximum Gasteiger partial charge on any atom is 0.131 e. The van der Waals surface area contributed by atoms with Crippen molar-refractivity contribution >= 4 is 17.3 Å². The van der Waals surface area contributed by atoms with Crippen molar-refractivity contribution in [1.82, 2.24) is 4.98 Å². The summed E-state index contributed by atoms with van der Waals surface area (Å²) in [6.45, 7) is 4.65. The standard InChI is InChI=1S/C17H19ClN2/c1-17(2)9-7-15(13-5-3-4-6-14(13)17)20-12-8-10-19-16(18)11-12/h3-6,8,10-11,15H,7,9H2,1-2H3,(H,19,20). The third-order valence-corrected chi connectivity index (χ3v) is 4.40. The quantitative estimate of drug-likeness (QED) is 0.789. The normalized spacial score (nSPS) is 20.2. The monoisotopic (exact) mass is 286 g/mol. The van der Waals surface area contributed by atoms with E-state index >= 15 is 0 Å². The van der Waals surface area contributed by atoms with Crippen LogP contribution in [0.1, 0.15) is 43.9 Å². The first-order chi connectivity index (χ1) is 9.56. The fourth-order valence-corrected chi connectivity index (χ4v) is 3.23. The Balaban J connectivity index is 1.92. The molecule has 0 amide bonds. The van der Waals surface area contributed by atoms with Crippen LogP contribution >= 0.6 is 11.6 Å². The van der Waals surface area contributed by atoms with Gasteiger partial charge >= 0.3 is 0 Å². The fourth-order valence-electron chi connectivity index (χ4n) is 3.06. The van der Waals surface area contributed by atoms with Gasteiger partial charge in [-0.25, -0.2) is 4.98 Å². The summed E-state index contributed by atoms with van der Waals surface area (Å²) < 4.78 is 0. The average Bonchev–Trinajstić information content (AvgIpc) is 2.43. The lowest BCUT2D eigenvalue weighted by molar-refractivity contribution is 0.406. The predicted molar refractivity (Wildman–Crippen MR) is 84.3 cm³/mol. The zero-order chi connectivity index (χ0) is 14.2. The van der Waals surface area contributed by atoms with Crippen molar-refractivity contribution in [3.8, 4) is 0 Å². The van der Waals surface area contributed by atoms with Crippen molar-refractivity contribution in [2.75, 3.05) is 5.32 Å². The summed E-state index contributed by atoms with van der Waals surface area (Å²) in [5.74, 6) is 0. The van der Waals surface area contributed by atoms with Crippen LogP contribution in [0.3, 0.4) is 0 Å². The van der Waals surface area contributed by atoms with E-state index in [1.807, 2.05) is 12.1 Å². The van der Waals surface area contributed by atoms with E-state index in [0.717, 1.165) is 12.1 Å². The molecule has 1 aromatic carbocycles. The maximum atomic E-state index is 5.96. The van der Waals surface area contributed by atoms with Crippen molar-refractivity contribution in [3.05, 3.63) is 58.9 Å². The first-order valence-corrected chi connectivity index (χ1v) is 7.41. The number of fused-ring (bicyclic) bond motifs is 1. The number of halogens is 1. The van der Waals surface area contributed by atoms with Crippen LogP contribution in [0.2, 0.25) is 5.15 Å². The summed E-state index contributed by atoms with van der Waals surface area (Å²) in [5.41, 5.74) is 4.13. The summed E-state index contributed by atoms with van der Waals surface area (Å²) in [5, 5.41) is 4.12. The molecule has 3 heteroatoms. The SMILES string of the molecule is CC1(C)CCC(Nc2ccnc(Cl)c2)c2ccccc21. The van der Waals surface area contributed by atoms with E-state index in [1.54, 1.807) is 6.20 Å². The van der Waals surface area contributed by atoms with Gasteiger partial charge < -0.3 is 5.32 Å². The van der Waals surface area contributed by atoms with Gasteiger partial charge in [0.05, 0.1) is 6.04 Å². The third-order valence-electron chi connectivity index (χ3n) is 4.19. The van der Waals surface area contributed by atoms with Gasteiger partial charge in [0.25, 0.3) is 0 Å². The molecule has 0 spiro atoms. The average molecular weight is 287 g/mol. The number of benzene rings is 1. The molecule has 1 heterocycles. The Bertz CT molecular complexity index is 622. The molecular formula is C17H19ClN2. The highest BCUT2D eigenvalue weighted by Gasteiger charge is 2.32. The van der Waals surface area contributed by atoms with E-state index in [-0.39, 0.29) is 5.41 Å². The Kier molecular flexibility index (Phi) is 3.43. The second-order valence-electron chi connectivity index (χ2n) is 6.07. The van der Waals surface area contributed by atoms with Crippen LogP contribution in [0.25, 0.3) is 0 Å². The number of rotatable bonds is 2. The lowest BCUT2D eigenvalue weighted by atomic mass is 9.71. The molecule has 1 N–H and O–H groups in total. The molecule has 0 radical (unpaired) electrons. The van der Waals surface area contributed by atoms with Crippen LogP contribution in [0.4, 0.5) is 5.69 Å². The van der Waals surface area contributed by atoms with Crippen LogP contribution in [0.5, 0.6) is 0 Å². The smallest absolute Gasteiger partial charge is 0.131 e. The number of pyridine rings is 1. The number of nitrogens with one attached hydrogen (secondary N) is 1. The number of nitrogens with zero attached hydrogens (tertiary/aromatic N) is 1. The van der Waals surface area contributed by atoms with Gasteiger partial charge in [-0.3, -0.25) is 0 Å². The third kappa shape index (κ3) is 2.53. The molecule has 1 unspecified atom stereocenters. The number of hydrogen-bond acceptors (Lipinski definition) is 2. The molecule has 1 atom stereocenters. The van der Waals surface area contributed by atoms with Crippen LogP contribution in [-0.2, 0) is 5.41 Å². The Morgan fingerprint density at radius 3 is 2.85 bits per heavy atom.